The predicted octanol–water partition coefficient (Wildman–Crippen LogP) is 2.86. The number of hydrogen-bond donors (Lipinski definition) is 2. The minimum absolute atomic E-state index is 0.326. The normalized spacial score (nSPS) is 18.9. The van der Waals surface area contributed by atoms with Crippen molar-refractivity contribution in [3.63, 3.8) is 0 Å². The average molecular weight is 328 g/mol. The Kier molecular flexibility index (Phi) is 8.34. The fourth-order valence-electron chi connectivity index (χ4n) is 2.84. The maximum absolute atomic E-state index is 11.8. The van der Waals surface area contributed by atoms with Gasteiger partial charge in [0.15, 0.2) is 0 Å². The number of amides is 1. The molecule has 1 heterocycles. The summed E-state index contributed by atoms with van der Waals surface area (Å²) in [4.78, 5) is 14.3. The second-order valence-corrected chi connectivity index (χ2v) is 8.20. The number of ether oxygens (including phenoxy) is 1. The van der Waals surface area contributed by atoms with E-state index < -0.39 is 5.60 Å². The molecule has 0 aromatic rings. The lowest BCUT2D eigenvalue weighted by Crippen LogP contribution is -2.44. The van der Waals surface area contributed by atoms with Crippen LogP contribution in [0.3, 0.4) is 0 Å². The van der Waals surface area contributed by atoms with E-state index in [0.29, 0.717) is 24.4 Å². The molecule has 1 aliphatic heterocycles. The van der Waals surface area contributed by atoms with E-state index in [1.165, 1.54) is 25.9 Å². The van der Waals surface area contributed by atoms with Crippen LogP contribution in [0, 0.1) is 11.8 Å². The van der Waals surface area contributed by atoms with Crippen LogP contribution in [0.15, 0.2) is 0 Å². The third-order valence-corrected chi connectivity index (χ3v) is 4.31. The summed E-state index contributed by atoms with van der Waals surface area (Å²) < 4.78 is 5.30. The van der Waals surface area contributed by atoms with Gasteiger partial charge in [-0.25, -0.2) is 4.79 Å². The Hall–Kier alpha value is -0.810. The number of hydrogen-bond acceptors (Lipinski definition) is 4. The highest BCUT2D eigenvalue weighted by molar-refractivity contribution is 5.67. The molecule has 1 amide bonds. The standard InChI is InChI=1S/C18H37N3O2/c1-14(2)16(12-20-17(22)23-18(4,5)6)11-19-15(3)13-21-9-7-8-10-21/h14-16,19H,7-13H2,1-6H3,(H,20,22). The van der Waals surface area contributed by atoms with Gasteiger partial charge in [-0.2, -0.15) is 0 Å². The molecular weight excluding hydrogens is 290 g/mol. The van der Waals surface area contributed by atoms with Crippen LogP contribution < -0.4 is 10.6 Å². The van der Waals surface area contributed by atoms with Crippen molar-refractivity contribution >= 4 is 6.09 Å². The number of rotatable bonds is 8. The lowest BCUT2D eigenvalue weighted by Gasteiger charge is -2.27. The Morgan fingerprint density at radius 3 is 2.26 bits per heavy atom. The molecule has 0 saturated carbocycles. The largest absolute Gasteiger partial charge is 0.444 e. The van der Waals surface area contributed by atoms with Gasteiger partial charge < -0.3 is 20.3 Å². The van der Waals surface area contributed by atoms with Crippen molar-refractivity contribution in [1.29, 1.82) is 0 Å². The van der Waals surface area contributed by atoms with Gasteiger partial charge in [0.1, 0.15) is 5.60 Å². The van der Waals surface area contributed by atoms with E-state index in [1.807, 2.05) is 20.8 Å². The van der Waals surface area contributed by atoms with Crippen LogP contribution in [0.1, 0.15) is 54.4 Å². The van der Waals surface area contributed by atoms with Crippen LogP contribution in [0.4, 0.5) is 4.79 Å². The molecule has 1 rings (SSSR count). The molecule has 2 N–H and O–H groups in total. The maximum atomic E-state index is 11.8. The summed E-state index contributed by atoms with van der Waals surface area (Å²) in [6.07, 6.45) is 2.34. The third kappa shape index (κ3) is 9.16. The fraction of sp³-hybridized carbons (Fsp3) is 0.944. The second kappa shape index (κ2) is 9.48. The van der Waals surface area contributed by atoms with E-state index in [9.17, 15) is 4.79 Å². The summed E-state index contributed by atoms with van der Waals surface area (Å²) in [7, 11) is 0. The summed E-state index contributed by atoms with van der Waals surface area (Å²) >= 11 is 0. The number of alkyl carbamates (subject to hydrolysis) is 1. The third-order valence-electron chi connectivity index (χ3n) is 4.31. The van der Waals surface area contributed by atoms with Crippen molar-refractivity contribution in [2.45, 2.75) is 66.0 Å². The van der Waals surface area contributed by atoms with Crippen molar-refractivity contribution in [3.05, 3.63) is 0 Å². The molecule has 2 unspecified atom stereocenters. The van der Waals surface area contributed by atoms with Gasteiger partial charge in [0, 0.05) is 25.7 Å². The van der Waals surface area contributed by atoms with Crippen LogP contribution in [-0.4, -0.2) is 55.4 Å². The maximum Gasteiger partial charge on any atom is 0.407 e. The highest BCUT2D eigenvalue weighted by Gasteiger charge is 2.20. The predicted molar refractivity (Wildman–Crippen MR) is 95.7 cm³/mol. The molecule has 23 heavy (non-hydrogen) atoms. The Labute approximate surface area is 142 Å². The van der Waals surface area contributed by atoms with E-state index in [4.69, 9.17) is 4.74 Å². The monoisotopic (exact) mass is 327 g/mol. The van der Waals surface area contributed by atoms with Crippen molar-refractivity contribution in [2.24, 2.45) is 11.8 Å². The van der Waals surface area contributed by atoms with Gasteiger partial charge in [-0.15, -0.1) is 0 Å². The molecule has 0 spiro atoms. The smallest absolute Gasteiger partial charge is 0.407 e. The second-order valence-electron chi connectivity index (χ2n) is 8.20. The van der Waals surface area contributed by atoms with Crippen molar-refractivity contribution in [3.8, 4) is 0 Å². The van der Waals surface area contributed by atoms with Crippen molar-refractivity contribution < 1.29 is 9.53 Å². The highest BCUT2D eigenvalue weighted by atomic mass is 16.6. The zero-order valence-corrected chi connectivity index (χ0v) is 15.9. The lowest BCUT2D eigenvalue weighted by atomic mass is 9.95. The zero-order valence-electron chi connectivity index (χ0n) is 15.9. The Morgan fingerprint density at radius 2 is 1.74 bits per heavy atom. The number of likely N-dealkylation sites (tertiary alicyclic amines) is 1. The zero-order chi connectivity index (χ0) is 17.5. The topological polar surface area (TPSA) is 53.6 Å². The first-order valence-corrected chi connectivity index (χ1v) is 9.10. The molecule has 1 fully saturated rings. The first kappa shape index (κ1) is 20.2. The van der Waals surface area contributed by atoms with Gasteiger partial charge >= 0.3 is 6.09 Å². The molecule has 5 nitrogen and oxygen atoms in total. The number of carbonyl (C=O) groups is 1. The van der Waals surface area contributed by atoms with Gasteiger partial charge in [-0.3, -0.25) is 0 Å². The van der Waals surface area contributed by atoms with Crippen LogP contribution >= 0.6 is 0 Å². The lowest BCUT2D eigenvalue weighted by molar-refractivity contribution is 0.0514. The van der Waals surface area contributed by atoms with Gasteiger partial charge in [0.25, 0.3) is 0 Å². The average Bonchev–Trinajstić information content (AvgIpc) is 2.88. The minimum atomic E-state index is -0.445. The summed E-state index contributed by atoms with van der Waals surface area (Å²) in [5, 5.41) is 6.54. The van der Waals surface area contributed by atoms with Gasteiger partial charge in [-0.05, 0) is 65.5 Å². The summed E-state index contributed by atoms with van der Waals surface area (Å²) in [5.74, 6) is 0.917. The number of nitrogens with one attached hydrogen (secondary N) is 2. The highest BCUT2D eigenvalue weighted by Crippen LogP contribution is 2.12. The molecule has 5 heteroatoms. The first-order chi connectivity index (χ1) is 10.7. The van der Waals surface area contributed by atoms with Crippen LogP contribution in [-0.2, 0) is 4.74 Å². The quantitative estimate of drug-likeness (QED) is 0.720. The molecule has 136 valence electrons. The Morgan fingerprint density at radius 1 is 1.13 bits per heavy atom. The van der Waals surface area contributed by atoms with Crippen molar-refractivity contribution in [1.82, 2.24) is 15.5 Å². The van der Waals surface area contributed by atoms with Gasteiger partial charge in [0.05, 0.1) is 0 Å². The van der Waals surface area contributed by atoms with E-state index in [2.05, 4.69) is 36.3 Å². The molecular formula is C18H37N3O2. The van der Waals surface area contributed by atoms with Crippen molar-refractivity contribution in [2.75, 3.05) is 32.7 Å². The van der Waals surface area contributed by atoms with Gasteiger partial charge in [0.2, 0.25) is 0 Å². The van der Waals surface area contributed by atoms with Crippen LogP contribution in [0.25, 0.3) is 0 Å². The number of carbonyl (C=O) groups excluding carboxylic acids is 1. The molecule has 0 aromatic carbocycles. The van der Waals surface area contributed by atoms with E-state index in [-0.39, 0.29) is 6.09 Å². The van der Waals surface area contributed by atoms with Gasteiger partial charge in [-0.1, -0.05) is 13.8 Å². The van der Waals surface area contributed by atoms with E-state index in [0.717, 1.165) is 13.1 Å². The minimum Gasteiger partial charge on any atom is -0.444 e. The molecule has 0 aliphatic carbocycles. The SMILES string of the molecule is CC(CN1CCCC1)NCC(CNC(=O)OC(C)(C)C)C(C)C. The molecule has 1 saturated heterocycles. The molecule has 0 aromatic heterocycles. The first-order valence-electron chi connectivity index (χ1n) is 9.10. The summed E-state index contributed by atoms with van der Waals surface area (Å²) in [6.45, 7) is 17.5. The molecule has 0 radical (unpaired) electrons. The van der Waals surface area contributed by atoms with Crippen LogP contribution in [0.5, 0.6) is 0 Å². The van der Waals surface area contributed by atoms with E-state index >= 15 is 0 Å². The molecule has 2 atom stereocenters. The Bertz CT molecular complexity index is 347. The fourth-order valence-corrected chi connectivity index (χ4v) is 2.84. The van der Waals surface area contributed by atoms with E-state index in [1.54, 1.807) is 0 Å². The number of nitrogens with zero attached hydrogens (tertiary/aromatic N) is 1. The Balaban J connectivity index is 2.29. The molecule has 1 aliphatic rings. The summed E-state index contributed by atoms with van der Waals surface area (Å²) in [5.41, 5.74) is -0.445. The molecule has 0 bridgehead atoms. The van der Waals surface area contributed by atoms with Crippen LogP contribution in [0.2, 0.25) is 0 Å². The summed E-state index contributed by atoms with van der Waals surface area (Å²) in [6, 6.07) is 0.482.